The molecule has 1 heterocycles. The number of carbonyl (C=O) groups excluding carboxylic acids is 1. The third-order valence-electron chi connectivity index (χ3n) is 4.45. The molecule has 1 fully saturated rings. The molecular formula is C20H38O7. The fraction of sp³-hybridized carbons (Fsp3) is 0.950. The smallest absolute Gasteiger partial charge is 0.303 e. The molecule has 0 amide bonds. The van der Waals surface area contributed by atoms with Crippen LogP contribution in [0.15, 0.2) is 0 Å². The lowest BCUT2D eigenvalue weighted by atomic mass is 9.98. The Bertz CT molecular complexity index is 391. The van der Waals surface area contributed by atoms with Crippen molar-refractivity contribution < 1.29 is 33.6 Å². The predicted molar refractivity (Wildman–Crippen MR) is 101 cm³/mol. The number of hydrogen-bond donors (Lipinski definition) is 1. The van der Waals surface area contributed by atoms with Crippen molar-refractivity contribution in [3.05, 3.63) is 0 Å². The number of ether oxygens (including phenoxy) is 5. The molecule has 5 atom stereocenters. The third kappa shape index (κ3) is 8.87. The number of unbranched alkanes of at least 4 members (excludes halogenated alkanes) is 3. The van der Waals surface area contributed by atoms with Gasteiger partial charge in [-0.2, -0.15) is 0 Å². The first-order valence-electron chi connectivity index (χ1n) is 10.4. The number of carbonyl (C=O) groups is 1. The van der Waals surface area contributed by atoms with E-state index < -0.39 is 36.7 Å². The molecular weight excluding hydrogens is 352 g/mol. The predicted octanol–water partition coefficient (Wildman–Crippen LogP) is 2.82. The van der Waals surface area contributed by atoms with E-state index >= 15 is 0 Å². The Morgan fingerprint density at radius 1 is 0.889 bits per heavy atom. The van der Waals surface area contributed by atoms with E-state index in [2.05, 4.69) is 20.8 Å². The molecule has 0 aromatic carbocycles. The molecule has 0 aromatic heterocycles. The van der Waals surface area contributed by atoms with Crippen molar-refractivity contribution in [3.63, 3.8) is 0 Å². The number of aliphatic hydroxyl groups excluding tert-OH is 1. The first kappa shape index (κ1) is 24.3. The zero-order chi connectivity index (χ0) is 20.1. The zero-order valence-corrected chi connectivity index (χ0v) is 17.4. The van der Waals surface area contributed by atoms with Crippen LogP contribution in [0.2, 0.25) is 0 Å². The SMILES string of the molecule is CCCCOC[C@@H]1O[C@H](O)[C@@H](OC(C)=O)[C@@H](OCCCC)[C@@H]1OCCCC. The third-order valence-corrected chi connectivity index (χ3v) is 4.45. The van der Waals surface area contributed by atoms with Gasteiger partial charge >= 0.3 is 5.97 Å². The lowest BCUT2D eigenvalue weighted by Crippen LogP contribution is -2.61. The Kier molecular flexibility index (Phi) is 12.9. The van der Waals surface area contributed by atoms with Gasteiger partial charge in [-0.05, 0) is 19.3 Å². The summed E-state index contributed by atoms with van der Waals surface area (Å²) in [5, 5.41) is 10.4. The zero-order valence-electron chi connectivity index (χ0n) is 17.4. The topological polar surface area (TPSA) is 83.5 Å². The lowest BCUT2D eigenvalue weighted by molar-refractivity contribution is -0.306. The summed E-state index contributed by atoms with van der Waals surface area (Å²) in [4.78, 5) is 11.5. The van der Waals surface area contributed by atoms with Crippen molar-refractivity contribution >= 4 is 5.97 Å². The number of rotatable bonds is 14. The van der Waals surface area contributed by atoms with Crippen LogP contribution in [0.4, 0.5) is 0 Å². The lowest BCUT2D eigenvalue weighted by Gasteiger charge is -2.44. The molecule has 27 heavy (non-hydrogen) atoms. The number of aliphatic hydroxyl groups is 1. The molecule has 1 aliphatic rings. The Labute approximate surface area is 163 Å². The average molecular weight is 391 g/mol. The van der Waals surface area contributed by atoms with Crippen LogP contribution in [0.1, 0.15) is 66.2 Å². The molecule has 0 aromatic rings. The molecule has 0 aliphatic carbocycles. The molecule has 1 saturated heterocycles. The highest BCUT2D eigenvalue weighted by molar-refractivity contribution is 5.66. The summed E-state index contributed by atoms with van der Waals surface area (Å²) >= 11 is 0. The van der Waals surface area contributed by atoms with Crippen molar-refractivity contribution in [1.82, 2.24) is 0 Å². The Hall–Kier alpha value is -0.730. The molecule has 0 spiro atoms. The van der Waals surface area contributed by atoms with Crippen LogP contribution in [-0.4, -0.2) is 68.2 Å². The van der Waals surface area contributed by atoms with Gasteiger partial charge in [0.05, 0.1) is 6.61 Å². The summed E-state index contributed by atoms with van der Waals surface area (Å²) in [6.45, 7) is 9.55. The van der Waals surface area contributed by atoms with Crippen molar-refractivity contribution in [2.24, 2.45) is 0 Å². The average Bonchev–Trinajstić information content (AvgIpc) is 2.63. The molecule has 7 heteroatoms. The van der Waals surface area contributed by atoms with Crippen molar-refractivity contribution in [1.29, 1.82) is 0 Å². The van der Waals surface area contributed by atoms with Gasteiger partial charge in [-0.25, -0.2) is 0 Å². The first-order chi connectivity index (χ1) is 13.0. The summed E-state index contributed by atoms with van der Waals surface area (Å²) < 4.78 is 28.8. The maximum Gasteiger partial charge on any atom is 0.303 e. The molecule has 0 saturated carbocycles. The van der Waals surface area contributed by atoms with Crippen LogP contribution < -0.4 is 0 Å². The second-order valence-electron chi connectivity index (χ2n) is 6.95. The second kappa shape index (κ2) is 14.3. The minimum absolute atomic E-state index is 0.300. The minimum atomic E-state index is -1.27. The fourth-order valence-electron chi connectivity index (χ4n) is 2.91. The molecule has 1 rings (SSSR count). The minimum Gasteiger partial charge on any atom is -0.454 e. The van der Waals surface area contributed by atoms with Gasteiger partial charge < -0.3 is 28.8 Å². The van der Waals surface area contributed by atoms with Crippen molar-refractivity contribution in [2.75, 3.05) is 26.4 Å². The first-order valence-corrected chi connectivity index (χ1v) is 10.4. The Balaban J connectivity index is 2.88. The molecule has 0 bridgehead atoms. The van der Waals surface area contributed by atoms with Gasteiger partial charge in [0.25, 0.3) is 0 Å². The standard InChI is InChI=1S/C20H38O7/c1-5-8-11-23-14-16-17(24-12-9-6-2)18(25-13-10-7-3)19(20(22)27-16)26-15(4)21/h16-20,22H,5-14H2,1-4H3/t16-,17+,18-,19-,20-/m0/s1. The molecule has 7 nitrogen and oxygen atoms in total. The van der Waals surface area contributed by atoms with Crippen LogP contribution in [0.5, 0.6) is 0 Å². The van der Waals surface area contributed by atoms with E-state index in [-0.39, 0.29) is 0 Å². The van der Waals surface area contributed by atoms with E-state index in [1.807, 2.05) is 0 Å². The monoisotopic (exact) mass is 390 g/mol. The summed E-state index contributed by atoms with van der Waals surface area (Å²) in [6.07, 6.45) is 2.03. The highest BCUT2D eigenvalue weighted by Crippen LogP contribution is 2.28. The van der Waals surface area contributed by atoms with Crippen LogP contribution in [0.25, 0.3) is 0 Å². The van der Waals surface area contributed by atoms with Gasteiger partial charge in [-0.3, -0.25) is 4.79 Å². The summed E-state index contributed by atoms with van der Waals surface area (Å²) in [6, 6.07) is 0. The maximum absolute atomic E-state index is 11.5. The van der Waals surface area contributed by atoms with Crippen LogP contribution in [0, 0.1) is 0 Å². The number of hydrogen-bond acceptors (Lipinski definition) is 7. The molecule has 160 valence electrons. The highest BCUT2D eigenvalue weighted by atomic mass is 16.7. The molecule has 0 radical (unpaired) electrons. The molecule has 0 unspecified atom stereocenters. The van der Waals surface area contributed by atoms with Crippen LogP contribution >= 0.6 is 0 Å². The van der Waals surface area contributed by atoms with E-state index in [1.165, 1.54) is 6.92 Å². The van der Waals surface area contributed by atoms with Gasteiger partial charge in [0.15, 0.2) is 12.4 Å². The van der Waals surface area contributed by atoms with Gasteiger partial charge in [-0.1, -0.05) is 40.0 Å². The van der Waals surface area contributed by atoms with Crippen LogP contribution in [-0.2, 0) is 28.5 Å². The maximum atomic E-state index is 11.5. The highest BCUT2D eigenvalue weighted by Gasteiger charge is 2.48. The van der Waals surface area contributed by atoms with Gasteiger partial charge in [0, 0.05) is 26.7 Å². The summed E-state index contributed by atoms with van der Waals surface area (Å²) in [5.74, 6) is -0.489. The van der Waals surface area contributed by atoms with Crippen molar-refractivity contribution in [3.8, 4) is 0 Å². The largest absolute Gasteiger partial charge is 0.454 e. The number of esters is 1. The van der Waals surface area contributed by atoms with Gasteiger partial charge in [0.1, 0.15) is 18.3 Å². The summed E-state index contributed by atoms with van der Waals surface area (Å²) in [5.41, 5.74) is 0. The quantitative estimate of drug-likeness (QED) is 0.361. The molecule has 1 aliphatic heterocycles. The van der Waals surface area contributed by atoms with Crippen molar-refractivity contribution in [2.45, 2.75) is 96.9 Å². The fourth-order valence-corrected chi connectivity index (χ4v) is 2.91. The van der Waals surface area contributed by atoms with Gasteiger partial charge in [0.2, 0.25) is 0 Å². The summed E-state index contributed by atoms with van der Waals surface area (Å²) in [7, 11) is 0. The Morgan fingerprint density at radius 3 is 2.00 bits per heavy atom. The van der Waals surface area contributed by atoms with Gasteiger partial charge in [-0.15, -0.1) is 0 Å². The van der Waals surface area contributed by atoms with Crippen LogP contribution in [0.3, 0.4) is 0 Å². The Morgan fingerprint density at radius 2 is 1.44 bits per heavy atom. The second-order valence-corrected chi connectivity index (χ2v) is 6.95. The van der Waals surface area contributed by atoms with E-state index in [0.29, 0.717) is 26.4 Å². The van der Waals surface area contributed by atoms with E-state index in [1.54, 1.807) is 0 Å². The normalized spacial score (nSPS) is 28.3. The van der Waals surface area contributed by atoms with E-state index in [9.17, 15) is 9.90 Å². The van der Waals surface area contributed by atoms with E-state index in [0.717, 1.165) is 38.5 Å². The molecule has 1 N–H and O–H groups in total. The van der Waals surface area contributed by atoms with E-state index in [4.69, 9.17) is 23.7 Å².